The molecule has 3 amide bonds. The van der Waals surface area contributed by atoms with Crippen LogP contribution in [0, 0.1) is 0 Å². The normalized spacial score (nSPS) is 15.7. The molecule has 1 fully saturated rings. The number of aliphatic carboxylic acids is 1. The number of urea groups is 1. The fourth-order valence-electron chi connectivity index (χ4n) is 5.05. The van der Waals surface area contributed by atoms with Crippen LogP contribution in [-0.4, -0.2) is 66.2 Å². The van der Waals surface area contributed by atoms with E-state index < -0.39 is 48.3 Å². The average molecular weight is 576 g/mol. The van der Waals surface area contributed by atoms with E-state index in [-0.39, 0.29) is 36.8 Å². The molecular weight excluding hydrogens is 536 g/mol. The first kappa shape index (κ1) is 31.6. The summed E-state index contributed by atoms with van der Waals surface area (Å²) in [5, 5.41) is 14.7. The van der Waals surface area contributed by atoms with E-state index in [1.807, 2.05) is 30.3 Å². The zero-order valence-corrected chi connectivity index (χ0v) is 24.0. The lowest BCUT2D eigenvalue weighted by atomic mass is 9.73. The molecule has 0 radical (unpaired) electrons. The maximum Gasteiger partial charge on any atom is 0.329 e. The van der Waals surface area contributed by atoms with Gasteiger partial charge in [0.2, 0.25) is 0 Å². The highest BCUT2D eigenvalue weighted by molar-refractivity contribution is 5.99. The number of nitrogens with zero attached hydrogens (tertiary/aromatic N) is 1. The first-order valence-corrected chi connectivity index (χ1v) is 13.9. The quantitative estimate of drug-likeness (QED) is 0.267. The number of amides is 3. The predicted octanol–water partition coefficient (Wildman–Crippen LogP) is 5.19. The second-order valence-corrected chi connectivity index (χ2v) is 10.2. The zero-order valence-electron chi connectivity index (χ0n) is 24.0. The van der Waals surface area contributed by atoms with Crippen molar-refractivity contribution in [1.82, 2.24) is 15.5 Å². The third-order valence-corrected chi connectivity index (χ3v) is 7.19. The highest BCUT2D eigenvalue weighted by Gasteiger charge is 2.62. The lowest BCUT2D eigenvalue weighted by molar-refractivity contribution is -0.175. The van der Waals surface area contributed by atoms with Crippen LogP contribution in [0.25, 0.3) is 0 Å². The summed E-state index contributed by atoms with van der Waals surface area (Å²) in [5.41, 5.74) is -0.109. The number of carboxylic acid groups (broad SMARTS) is 1. The van der Waals surface area contributed by atoms with E-state index >= 15 is 0 Å². The van der Waals surface area contributed by atoms with E-state index in [2.05, 4.69) is 10.6 Å². The molecule has 0 saturated heterocycles. The van der Waals surface area contributed by atoms with Gasteiger partial charge in [0.15, 0.2) is 5.54 Å². The van der Waals surface area contributed by atoms with E-state index in [0.717, 1.165) is 18.4 Å². The van der Waals surface area contributed by atoms with Crippen LogP contribution in [-0.2, 0) is 11.2 Å². The van der Waals surface area contributed by atoms with Crippen LogP contribution >= 0.6 is 0 Å². The van der Waals surface area contributed by atoms with Crippen LogP contribution < -0.4 is 20.1 Å². The molecule has 0 aliphatic heterocycles. The van der Waals surface area contributed by atoms with Crippen molar-refractivity contribution in [2.45, 2.75) is 70.4 Å². The predicted molar refractivity (Wildman–Crippen MR) is 150 cm³/mol. The largest absolute Gasteiger partial charge is 0.493 e. The first-order valence-electron chi connectivity index (χ1n) is 13.9. The number of unbranched alkanes of at least 4 members (excludes halogenated alkanes) is 1. The fraction of sp³-hybridized carbons (Fsp3) is 0.500. The first-order chi connectivity index (χ1) is 19.5. The van der Waals surface area contributed by atoms with Crippen molar-refractivity contribution in [3.05, 3.63) is 59.2 Å². The minimum Gasteiger partial charge on any atom is -0.493 e. The minimum absolute atomic E-state index is 0.215. The van der Waals surface area contributed by atoms with Crippen molar-refractivity contribution in [3.63, 3.8) is 0 Å². The van der Waals surface area contributed by atoms with E-state index in [1.54, 1.807) is 32.9 Å². The lowest BCUT2D eigenvalue weighted by Crippen LogP contribution is -2.68. The topological polar surface area (TPSA) is 117 Å². The molecule has 3 rings (SSSR count). The van der Waals surface area contributed by atoms with Crippen LogP contribution in [0.1, 0.15) is 74.0 Å². The molecule has 0 bridgehead atoms. The number of carboxylic acids is 1. The Morgan fingerprint density at radius 3 is 2.10 bits per heavy atom. The number of aryl methyl sites for hydroxylation is 1. The van der Waals surface area contributed by atoms with Gasteiger partial charge in [0, 0.05) is 26.4 Å². The number of benzene rings is 2. The highest BCUT2D eigenvalue weighted by atomic mass is 19.3. The second-order valence-electron chi connectivity index (χ2n) is 10.2. The van der Waals surface area contributed by atoms with Crippen LogP contribution in [0.5, 0.6) is 11.5 Å². The number of alkyl halides is 2. The summed E-state index contributed by atoms with van der Waals surface area (Å²) >= 11 is 0. The molecule has 0 spiro atoms. The number of carbonyl (C=O) groups excluding carboxylic acids is 2. The zero-order chi connectivity index (χ0) is 30.2. The molecule has 1 aliphatic rings. The molecule has 2 aromatic carbocycles. The molecule has 1 atom stereocenters. The molecule has 9 nitrogen and oxygen atoms in total. The Labute approximate surface area is 239 Å². The Balaban J connectivity index is 1.93. The number of halogens is 2. The molecule has 3 N–H and O–H groups in total. The smallest absolute Gasteiger partial charge is 0.329 e. The van der Waals surface area contributed by atoms with Crippen molar-refractivity contribution >= 4 is 17.9 Å². The number of hydrogen-bond acceptors (Lipinski definition) is 5. The summed E-state index contributed by atoms with van der Waals surface area (Å²) in [6, 6.07) is 11.7. The maximum atomic E-state index is 13.8. The Hall–Kier alpha value is -3.89. The number of hydrogen-bond donors (Lipinski definition) is 3. The minimum atomic E-state index is -3.16. The van der Waals surface area contributed by atoms with Gasteiger partial charge in [0.05, 0.1) is 19.3 Å². The van der Waals surface area contributed by atoms with Crippen molar-refractivity contribution in [3.8, 4) is 11.5 Å². The number of carbonyl (C=O) groups is 3. The van der Waals surface area contributed by atoms with Crippen LogP contribution in [0.2, 0.25) is 0 Å². The molecule has 2 aromatic rings. The van der Waals surface area contributed by atoms with E-state index in [0.29, 0.717) is 12.0 Å². The van der Waals surface area contributed by atoms with Gasteiger partial charge in [-0.15, -0.1) is 0 Å². The number of nitrogens with one attached hydrogen (secondary N) is 2. The van der Waals surface area contributed by atoms with Gasteiger partial charge in [0.1, 0.15) is 17.1 Å². The third-order valence-electron chi connectivity index (χ3n) is 7.19. The van der Waals surface area contributed by atoms with Gasteiger partial charge < -0.3 is 30.1 Å². The summed E-state index contributed by atoms with van der Waals surface area (Å²) in [6.07, 6.45) is 0.157. The molecule has 41 heavy (non-hydrogen) atoms. The van der Waals surface area contributed by atoms with Gasteiger partial charge in [0.25, 0.3) is 11.8 Å². The Morgan fingerprint density at radius 2 is 1.61 bits per heavy atom. The summed E-state index contributed by atoms with van der Waals surface area (Å²) < 4.78 is 39.0. The molecule has 1 unspecified atom stereocenters. The van der Waals surface area contributed by atoms with Gasteiger partial charge in [-0.1, -0.05) is 30.3 Å². The fourth-order valence-corrected chi connectivity index (χ4v) is 5.05. The standard InChI is InChI=1S/C30H39F2N3O6/c1-5-40-23-16-22(17-24(41-6-2)25(23)26(36)33-4)20(3)35(15-11-10-14-21-12-8-7-9-13-21)28(39)34-29(27(37)38)18-30(31,32)19-29/h7-9,12-13,16-17,20H,5-6,10-11,14-15,18-19H2,1-4H3,(H,33,36)(H,34,39)(H,37,38). The summed E-state index contributed by atoms with van der Waals surface area (Å²) in [6.45, 7) is 6.07. The SMILES string of the molecule is CCOc1cc(C(C)N(CCCCc2ccccc2)C(=O)NC2(C(=O)O)CC(F)(F)C2)cc(OCC)c1C(=O)NC. The molecule has 1 saturated carbocycles. The molecule has 0 heterocycles. The van der Waals surface area contributed by atoms with E-state index in [4.69, 9.17) is 9.47 Å². The monoisotopic (exact) mass is 575 g/mol. The van der Waals surface area contributed by atoms with E-state index in [1.165, 1.54) is 11.9 Å². The Kier molecular flexibility index (Phi) is 10.5. The second kappa shape index (κ2) is 13.6. The summed E-state index contributed by atoms with van der Waals surface area (Å²) in [4.78, 5) is 39.6. The van der Waals surface area contributed by atoms with Gasteiger partial charge in [-0.25, -0.2) is 18.4 Å². The van der Waals surface area contributed by atoms with Crippen LogP contribution in [0.15, 0.2) is 42.5 Å². The molecular formula is C30H39F2N3O6. The van der Waals surface area contributed by atoms with Crippen LogP contribution in [0.3, 0.4) is 0 Å². The molecule has 11 heteroatoms. The van der Waals surface area contributed by atoms with Crippen molar-refractivity contribution < 1.29 is 37.7 Å². The van der Waals surface area contributed by atoms with Gasteiger partial charge >= 0.3 is 12.0 Å². The van der Waals surface area contributed by atoms with Gasteiger partial charge in [-0.2, -0.15) is 0 Å². The third kappa shape index (κ3) is 7.65. The molecule has 224 valence electrons. The Morgan fingerprint density at radius 1 is 1.02 bits per heavy atom. The average Bonchev–Trinajstić information content (AvgIpc) is 2.91. The summed E-state index contributed by atoms with van der Waals surface area (Å²) in [7, 11) is 1.49. The van der Waals surface area contributed by atoms with Gasteiger partial charge in [-0.3, -0.25) is 4.79 Å². The number of ether oxygens (including phenoxy) is 2. The van der Waals surface area contributed by atoms with Crippen LogP contribution in [0.4, 0.5) is 13.6 Å². The van der Waals surface area contributed by atoms with Crippen molar-refractivity contribution in [2.24, 2.45) is 0 Å². The van der Waals surface area contributed by atoms with Gasteiger partial charge in [-0.05, 0) is 63.3 Å². The van der Waals surface area contributed by atoms with E-state index in [9.17, 15) is 28.3 Å². The van der Waals surface area contributed by atoms with Crippen molar-refractivity contribution in [2.75, 3.05) is 26.8 Å². The summed E-state index contributed by atoms with van der Waals surface area (Å²) in [5.74, 6) is -4.53. The number of rotatable bonds is 14. The molecule has 0 aromatic heterocycles. The van der Waals surface area contributed by atoms with Crippen molar-refractivity contribution in [1.29, 1.82) is 0 Å². The maximum absolute atomic E-state index is 13.8. The molecule has 1 aliphatic carbocycles. The lowest BCUT2D eigenvalue weighted by Gasteiger charge is -2.45. The Bertz CT molecular complexity index is 1190. The highest BCUT2D eigenvalue weighted by Crippen LogP contribution is 2.46.